The quantitative estimate of drug-likeness (QED) is 0.170. The van der Waals surface area contributed by atoms with Crippen molar-refractivity contribution < 1.29 is 0 Å². The number of hydrogen-bond acceptors (Lipinski definition) is 3. The van der Waals surface area contributed by atoms with Gasteiger partial charge in [0, 0.05) is 53.3 Å². The van der Waals surface area contributed by atoms with E-state index in [9.17, 15) is 0 Å². The monoisotopic (exact) mass is 731 g/mol. The maximum Gasteiger partial charge on any atom is 0.160 e. The SMILES string of the molecule is c1ccc(-c2ccc(-c3nc(-c4ccccc4)cc(-c4cccc(-c5cccc6c5c5ccccc5n6-c5ccc6sc7ccccc7c6c5)c4)n3)cc2)cc1. The van der Waals surface area contributed by atoms with Crippen molar-refractivity contribution in [1.82, 2.24) is 14.5 Å². The van der Waals surface area contributed by atoms with E-state index in [1.54, 1.807) is 0 Å². The molecular formula is C52H33N3S. The van der Waals surface area contributed by atoms with Gasteiger partial charge < -0.3 is 4.57 Å². The lowest BCUT2D eigenvalue weighted by atomic mass is 9.96. The van der Waals surface area contributed by atoms with Gasteiger partial charge in [-0.25, -0.2) is 9.97 Å². The Balaban J connectivity index is 1.05. The fraction of sp³-hybridized carbons (Fsp3) is 0. The molecule has 11 aromatic rings. The Labute approximate surface area is 328 Å². The summed E-state index contributed by atoms with van der Waals surface area (Å²) in [7, 11) is 0. The van der Waals surface area contributed by atoms with Crippen LogP contribution < -0.4 is 0 Å². The molecule has 3 heterocycles. The van der Waals surface area contributed by atoms with E-state index in [4.69, 9.17) is 9.97 Å². The summed E-state index contributed by atoms with van der Waals surface area (Å²) in [4.78, 5) is 10.3. The predicted molar refractivity (Wildman–Crippen MR) is 236 cm³/mol. The van der Waals surface area contributed by atoms with Crippen molar-refractivity contribution in [2.45, 2.75) is 0 Å². The Morgan fingerprint density at radius 3 is 1.77 bits per heavy atom. The van der Waals surface area contributed by atoms with Crippen LogP contribution in [0.1, 0.15) is 0 Å². The highest BCUT2D eigenvalue weighted by molar-refractivity contribution is 7.25. The van der Waals surface area contributed by atoms with Crippen molar-refractivity contribution in [1.29, 1.82) is 0 Å². The number of nitrogens with zero attached hydrogens (tertiary/aromatic N) is 3. The molecule has 3 nitrogen and oxygen atoms in total. The summed E-state index contributed by atoms with van der Waals surface area (Å²) < 4.78 is 5.05. The van der Waals surface area contributed by atoms with Gasteiger partial charge in [0.05, 0.1) is 22.4 Å². The van der Waals surface area contributed by atoms with Crippen molar-refractivity contribution >= 4 is 53.3 Å². The van der Waals surface area contributed by atoms with E-state index in [2.05, 4.69) is 193 Å². The number of aromatic nitrogens is 3. The predicted octanol–water partition coefficient (Wildman–Crippen LogP) is 14.3. The molecule has 0 amide bonds. The maximum atomic E-state index is 5.22. The van der Waals surface area contributed by atoms with Gasteiger partial charge in [-0.3, -0.25) is 0 Å². The first-order chi connectivity index (χ1) is 27.7. The van der Waals surface area contributed by atoms with Crippen molar-refractivity contribution in [3.05, 3.63) is 200 Å². The normalized spacial score (nSPS) is 11.6. The first-order valence-corrected chi connectivity index (χ1v) is 19.7. The number of hydrogen-bond donors (Lipinski definition) is 0. The zero-order valence-electron chi connectivity index (χ0n) is 30.3. The molecule has 0 saturated heterocycles. The van der Waals surface area contributed by atoms with Crippen LogP contribution in [-0.4, -0.2) is 14.5 Å². The molecule has 0 radical (unpaired) electrons. The van der Waals surface area contributed by atoms with Crippen LogP contribution in [-0.2, 0) is 0 Å². The zero-order chi connectivity index (χ0) is 37.0. The van der Waals surface area contributed by atoms with Gasteiger partial charge in [0.25, 0.3) is 0 Å². The van der Waals surface area contributed by atoms with Crippen molar-refractivity contribution in [3.8, 4) is 61.8 Å². The van der Waals surface area contributed by atoms with E-state index in [1.165, 1.54) is 53.1 Å². The average Bonchev–Trinajstić information content (AvgIpc) is 3.82. The van der Waals surface area contributed by atoms with Crippen LogP contribution in [0.25, 0.3) is 104 Å². The topological polar surface area (TPSA) is 30.7 Å². The van der Waals surface area contributed by atoms with Crippen LogP contribution in [0.2, 0.25) is 0 Å². The summed E-state index contributed by atoms with van der Waals surface area (Å²) in [5.74, 6) is 0.701. The van der Waals surface area contributed by atoms with Crippen LogP contribution in [0.15, 0.2) is 200 Å². The molecular weight excluding hydrogens is 699 g/mol. The van der Waals surface area contributed by atoms with Crippen LogP contribution in [0.3, 0.4) is 0 Å². The first kappa shape index (κ1) is 32.3. The number of fused-ring (bicyclic) bond motifs is 6. The van der Waals surface area contributed by atoms with Gasteiger partial charge >= 0.3 is 0 Å². The molecule has 0 aliphatic heterocycles. The van der Waals surface area contributed by atoms with Gasteiger partial charge in [-0.05, 0) is 70.8 Å². The molecule has 56 heavy (non-hydrogen) atoms. The van der Waals surface area contributed by atoms with Crippen molar-refractivity contribution in [3.63, 3.8) is 0 Å². The third-order valence-electron chi connectivity index (χ3n) is 10.8. The van der Waals surface area contributed by atoms with Gasteiger partial charge in [0.2, 0.25) is 0 Å². The van der Waals surface area contributed by atoms with Crippen LogP contribution in [0.4, 0.5) is 0 Å². The summed E-state index contributed by atoms with van der Waals surface area (Å²) in [6, 6.07) is 71.4. The molecule has 0 atom stereocenters. The molecule has 0 unspecified atom stereocenters. The van der Waals surface area contributed by atoms with Gasteiger partial charge in [-0.2, -0.15) is 0 Å². The third kappa shape index (κ3) is 5.50. The van der Waals surface area contributed by atoms with E-state index in [0.29, 0.717) is 5.82 Å². The summed E-state index contributed by atoms with van der Waals surface area (Å²) in [6.45, 7) is 0. The van der Waals surface area contributed by atoms with Gasteiger partial charge in [-0.1, -0.05) is 152 Å². The number of para-hydroxylation sites is 1. The Morgan fingerprint density at radius 2 is 0.946 bits per heavy atom. The second-order valence-electron chi connectivity index (χ2n) is 14.2. The summed E-state index contributed by atoms with van der Waals surface area (Å²) >= 11 is 1.85. The molecule has 0 saturated carbocycles. The molecule has 0 aliphatic rings. The highest BCUT2D eigenvalue weighted by Gasteiger charge is 2.18. The lowest BCUT2D eigenvalue weighted by molar-refractivity contribution is 1.18. The first-order valence-electron chi connectivity index (χ1n) is 18.9. The van der Waals surface area contributed by atoms with E-state index in [0.717, 1.165) is 44.9 Å². The molecule has 11 rings (SSSR count). The molecule has 262 valence electrons. The standard InChI is InChI=1S/C52H33N3S/c1-3-13-34(14-4-1)35-25-27-37(28-26-35)52-53-45(36-15-5-2-6-16-36)33-46(54-52)39-18-11-17-38(31-39)41-21-12-23-48-51(41)43-20-7-9-22-47(43)55(48)40-29-30-50-44(32-40)42-19-8-10-24-49(42)56-50/h1-33H. The lowest BCUT2D eigenvalue weighted by Crippen LogP contribution is -1.96. The van der Waals surface area contributed by atoms with Crippen LogP contribution in [0.5, 0.6) is 0 Å². The molecule has 3 aromatic heterocycles. The van der Waals surface area contributed by atoms with Gasteiger partial charge in [0.1, 0.15) is 0 Å². The molecule has 0 bridgehead atoms. The van der Waals surface area contributed by atoms with Crippen LogP contribution >= 0.6 is 11.3 Å². The summed E-state index contributed by atoms with van der Waals surface area (Å²) in [6.07, 6.45) is 0. The smallest absolute Gasteiger partial charge is 0.160 e. The van der Waals surface area contributed by atoms with Crippen LogP contribution in [0, 0.1) is 0 Å². The van der Waals surface area contributed by atoms with Crippen molar-refractivity contribution in [2.24, 2.45) is 0 Å². The fourth-order valence-electron chi connectivity index (χ4n) is 8.16. The van der Waals surface area contributed by atoms with E-state index in [-0.39, 0.29) is 0 Å². The Bertz CT molecular complexity index is 3230. The highest BCUT2D eigenvalue weighted by atomic mass is 32.1. The number of rotatable bonds is 6. The molecule has 0 aliphatic carbocycles. The minimum atomic E-state index is 0.701. The summed E-state index contributed by atoms with van der Waals surface area (Å²) in [5.41, 5.74) is 13.1. The third-order valence-corrected chi connectivity index (χ3v) is 12.0. The van der Waals surface area contributed by atoms with Crippen molar-refractivity contribution in [2.75, 3.05) is 0 Å². The Kier molecular flexibility index (Phi) is 7.68. The number of thiophene rings is 1. The van der Waals surface area contributed by atoms with Gasteiger partial charge in [-0.15, -0.1) is 11.3 Å². The fourth-order valence-corrected chi connectivity index (χ4v) is 9.25. The molecule has 0 N–H and O–H groups in total. The van der Waals surface area contributed by atoms with E-state index in [1.807, 2.05) is 23.5 Å². The highest BCUT2D eigenvalue weighted by Crippen LogP contribution is 2.41. The minimum Gasteiger partial charge on any atom is -0.309 e. The lowest BCUT2D eigenvalue weighted by Gasteiger charge is -2.12. The second-order valence-corrected chi connectivity index (χ2v) is 15.3. The minimum absolute atomic E-state index is 0.701. The largest absolute Gasteiger partial charge is 0.309 e. The van der Waals surface area contributed by atoms with E-state index >= 15 is 0 Å². The summed E-state index contributed by atoms with van der Waals surface area (Å²) in [5, 5.41) is 5.07. The Hall–Kier alpha value is -7.14. The van der Waals surface area contributed by atoms with E-state index < -0.39 is 0 Å². The molecule has 4 heteroatoms. The number of benzene rings is 8. The average molecular weight is 732 g/mol. The second kappa shape index (κ2) is 13.3. The maximum absolute atomic E-state index is 5.22. The Morgan fingerprint density at radius 1 is 0.357 bits per heavy atom. The molecule has 0 fully saturated rings. The zero-order valence-corrected chi connectivity index (χ0v) is 31.1. The molecule has 0 spiro atoms. The molecule has 8 aromatic carbocycles. The van der Waals surface area contributed by atoms with Gasteiger partial charge in [0.15, 0.2) is 5.82 Å².